The molecule has 27 heavy (non-hydrogen) atoms. The predicted molar refractivity (Wildman–Crippen MR) is 108 cm³/mol. The summed E-state index contributed by atoms with van der Waals surface area (Å²) in [5, 5.41) is 0. The fraction of sp³-hybridized carbons (Fsp3) is 0.318. The van der Waals surface area contributed by atoms with Crippen molar-refractivity contribution in [1.29, 1.82) is 0 Å². The number of ether oxygens (including phenoxy) is 3. The third-order valence-electron chi connectivity index (χ3n) is 4.13. The molecule has 0 fully saturated rings. The van der Waals surface area contributed by atoms with Gasteiger partial charge in [0, 0.05) is 18.2 Å². The maximum atomic E-state index is 12.8. The Labute approximate surface area is 161 Å². The molecule has 0 saturated carbocycles. The highest BCUT2D eigenvalue weighted by molar-refractivity contribution is 5.95. The van der Waals surface area contributed by atoms with Gasteiger partial charge in [-0.05, 0) is 43.7 Å². The smallest absolute Gasteiger partial charge is 0.253 e. The van der Waals surface area contributed by atoms with Crippen molar-refractivity contribution >= 4 is 12.0 Å². The molecule has 1 amide bonds. The first-order valence-electron chi connectivity index (χ1n) is 8.83. The number of benzene rings is 2. The van der Waals surface area contributed by atoms with E-state index in [9.17, 15) is 4.79 Å². The number of rotatable bonds is 8. The summed E-state index contributed by atoms with van der Waals surface area (Å²) in [6, 6.07) is 11.4. The van der Waals surface area contributed by atoms with Crippen molar-refractivity contribution in [3.63, 3.8) is 0 Å². The molecule has 144 valence electrons. The SMILES string of the molecule is C/C=C/c1cc(C(=O)N(C)CCOc2cccc(C)c2)cc(OC)c1OC. The lowest BCUT2D eigenvalue weighted by Crippen LogP contribution is -2.31. The highest BCUT2D eigenvalue weighted by atomic mass is 16.5. The number of hydrogen-bond donors (Lipinski definition) is 0. The number of likely N-dealkylation sites (N-methyl/N-ethyl adjacent to an activating group) is 1. The van der Waals surface area contributed by atoms with Crippen LogP contribution >= 0.6 is 0 Å². The van der Waals surface area contributed by atoms with Gasteiger partial charge in [0.05, 0.1) is 20.8 Å². The Hall–Kier alpha value is -2.95. The second-order valence-electron chi connectivity index (χ2n) is 6.19. The zero-order chi connectivity index (χ0) is 19.8. The Morgan fingerprint density at radius 3 is 2.56 bits per heavy atom. The topological polar surface area (TPSA) is 48.0 Å². The Kier molecular flexibility index (Phi) is 7.29. The molecule has 0 bridgehead atoms. The molecule has 0 aliphatic carbocycles. The summed E-state index contributed by atoms with van der Waals surface area (Å²) in [4.78, 5) is 14.5. The maximum Gasteiger partial charge on any atom is 0.253 e. The number of allylic oxidation sites excluding steroid dienone is 1. The third-order valence-corrected chi connectivity index (χ3v) is 4.13. The highest BCUT2D eigenvalue weighted by Crippen LogP contribution is 2.33. The van der Waals surface area contributed by atoms with E-state index in [2.05, 4.69) is 0 Å². The summed E-state index contributed by atoms with van der Waals surface area (Å²) in [6.45, 7) is 4.82. The Balaban J connectivity index is 2.10. The van der Waals surface area contributed by atoms with Gasteiger partial charge in [0.15, 0.2) is 11.5 Å². The average molecular weight is 369 g/mol. The Morgan fingerprint density at radius 1 is 1.15 bits per heavy atom. The molecule has 0 heterocycles. The molecule has 0 saturated heterocycles. The number of carbonyl (C=O) groups is 1. The monoisotopic (exact) mass is 369 g/mol. The number of amides is 1. The van der Waals surface area contributed by atoms with Gasteiger partial charge in [0.25, 0.3) is 5.91 Å². The maximum absolute atomic E-state index is 12.8. The minimum absolute atomic E-state index is 0.102. The molecule has 0 aromatic heterocycles. The second-order valence-corrected chi connectivity index (χ2v) is 6.19. The van der Waals surface area contributed by atoms with E-state index in [-0.39, 0.29) is 5.91 Å². The minimum atomic E-state index is -0.102. The molecule has 0 N–H and O–H groups in total. The number of aryl methyl sites for hydroxylation is 1. The van der Waals surface area contributed by atoms with Crippen molar-refractivity contribution in [1.82, 2.24) is 4.90 Å². The zero-order valence-electron chi connectivity index (χ0n) is 16.6. The largest absolute Gasteiger partial charge is 0.493 e. The van der Waals surface area contributed by atoms with E-state index in [0.29, 0.717) is 30.2 Å². The normalized spacial score (nSPS) is 10.7. The van der Waals surface area contributed by atoms with Crippen molar-refractivity contribution in [2.75, 3.05) is 34.4 Å². The van der Waals surface area contributed by atoms with Crippen molar-refractivity contribution in [2.45, 2.75) is 13.8 Å². The van der Waals surface area contributed by atoms with Gasteiger partial charge in [-0.25, -0.2) is 0 Å². The van der Waals surface area contributed by atoms with Gasteiger partial charge in [0.2, 0.25) is 0 Å². The lowest BCUT2D eigenvalue weighted by molar-refractivity contribution is 0.0773. The molecule has 0 spiro atoms. The predicted octanol–water partition coefficient (Wildman–Crippen LogP) is 4.20. The van der Waals surface area contributed by atoms with E-state index in [1.807, 2.05) is 56.3 Å². The number of carbonyl (C=O) groups excluding carboxylic acids is 1. The Morgan fingerprint density at radius 2 is 1.93 bits per heavy atom. The molecule has 5 nitrogen and oxygen atoms in total. The van der Waals surface area contributed by atoms with Crippen LogP contribution in [0.3, 0.4) is 0 Å². The van der Waals surface area contributed by atoms with Crippen LogP contribution in [0.25, 0.3) is 6.08 Å². The number of nitrogens with zero attached hydrogens (tertiary/aromatic N) is 1. The fourth-order valence-electron chi connectivity index (χ4n) is 2.75. The lowest BCUT2D eigenvalue weighted by Gasteiger charge is -2.19. The van der Waals surface area contributed by atoms with Gasteiger partial charge in [-0.1, -0.05) is 24.3 Å². The molecular formula is C22H27NO4. The zero-order valence-corrected chi connectivity index (χ0v) is 16.6. The summed E-state index contributed by atoms with van der Waals surface area (Å²) in [7, 11) is 4.90. The molecule has 2 rings (SSSR count). The van der Waals surface area contributed by atoms with E-state index in [0.717, 1.165) is 16.9 Å². The second kappa shape index (κ2) is 9.67. The quantitative estimate of drug-likeness (QED) is 0.700. The minimum Gasteiger partial charge on any atom is -0.493 e. The fourth-order valence-corrected chi connectivity index (χ4v) is 2.75. The van der Waals surface area contributed by atoms with Gasteiger partial charge in [-0.2, -0.15) is 0 Å². The number of methoxy groups -OCH3 is 2. The lowest BCUT2D eigenvalue weighted by atomic mass is 10.1. The molecule has 0 unspecified atom stereocenters. The molecule has 2 aromatic rings. The molecule has 0 aliphatic rings. The van der Waals surface area contributed by atoms with Crippen LogP contribution in [0.15, 0.2) is 42.5 Å². The van der Waals surface area contributed by atoms with E-state index >= 15 is 0 Å². The molecule has 0 aliphatic heterocycles. The first-order chi connectivity index (χ1) is 13.0. The van der Waals surface area contributed by atoms with Crippen LogP contribution in [0.4, 0.5) is 0 Å². The summed E-state index contributed by atoms with van der Waals surface area (Å²) < 4.78 is 16.5. The van der Waals surface area contributed by atoms with E-state index in [1.54, 1.807) is 32.2 Å². The van der Waals surface area contributed by atoms with Crippen molar-refractivity contribution in [3.05, 3.63) is 59.2 Å². The Bertz CT molecular complexity index is 814. The van der Waals surface area contributed by atoms with E-state index in [1.165, 1.54) is 0 Å². The third kappa shape index (κ3) is 5.26. The van der Waals surface area contributed by atoms with Crippen molar-refractivity contribution < 1.29 is 19.0 Å². The van der Waals surface area contributed by atoms with Gasteiger partial charge in [0.1, 0.15) is 12.4 Å². The molecule has 5 heteroatoms. The van der Waals surface area contributed by atoms with Crippen LogP contribution in [-0.2, 0) is 0 Å². The van der Waals surface area contributed by atoms with Crippen molar-refractivity contribution in [2.24, 2.45) is 0 Å². The highest BCUT2D eigenvalue weighted by Gasteiger charge is 2.17. The van der Waals surface area contributed by atoms with Crippen LogP contribution < -0.4 is 14.2 Å². The van der Waals surface area contributed by atoms with Crippen LogP contribution in [0.1, 0.15) is 28.4 Å². The van der Waals surface area contributed by atoms with Crippen LogP contribution in [0.5, 0.6) is 17.2 Å². The van der Waals surface area contributed by atoms with E-state index in [4.69, 9.17) is 14.2 Å². The molecule has 0 atom stereocenters. The van der Waals surface area contributed by atoms with Crippen LogP contribution in [0, 0.1) is 6.92 Å². The standard InChI is InChI=1S/C22H27NO4/c1-6-8-17-14-18(15-20(25-4)21(17)26-5)22(24)23(3)11-12-27-19-10-7-9-16(2)13-19/h6-10,13-15H,11-12H2,1-5H3/b8-6+. The van der Waals surface area contributed by atoms with Gasteiger partial charge >= 0.3 is 0 Å². The van der Waals surface area contributed by atoms with Gasteiger partial charge < -0.3 is 19.1 Å². The summed E-state index contributed by atoms with van der Waals surface area (Å²) in [5.41, 5.74) is 2.48. The van der Waals surface area contributed by atoms with Crippen molar-refractivity contribution in [3.8, 4) is 17.2 Å². The molecular weight excluding hydrogens is 342 g/mol. The van der Waals surface area contributed by atoms with Crippen LogP contribution in [-0.4, -0.2) is 45.2 Å². The average Bonchev–Trinajstić information content (AvgIpc) is 2.67. The summed E-state index contributed by atoms with van der Waals surface area (Å²) in [6.07, 6.45) is 3.78. The molecule has 2 aromatic carbocycles. The summed E-state index contributed by atoms with van der Waals surface area (Å²) in [5.74, 6) is 1.84. The van der Waals surface area contributed by atoms with E-state index < -0.39 is 0 Å². The van der Waals surface area contributed by atoms with Gasteiger partial charge in [-0.15, -0.1) is 0 Å². The first kappa shape index (κ1) is 20.4. The van der Waals surface area contributed by atoms with Crippen LogP contribution in [0.2, 0.25) is 0 Å². The summed E-state index contributed by atoms with van der Waals surface area (Å²) >= 11 is 0. The first-order valence-corrected chi connectivity index (χ1v) is 8.83. The van der Waals surface area contributed by atoms with Gasteiger partial charge in [-0.3, -0.25) is 4.79 Å². The molecule has 0 radical (unpaired) electrons. The number of hydrogen-bond acceptors (Lipinski definition) is 4.